The molecule has 0 aliphatic heterocycles. The van der Waals surface area contributed by atoms with E-state index in [0.29, 0.717) is 10.6 Å². The lowest BCUT2D eigenvalue weighted by molar-refractivity contribution is 0.566. The first kappa shape index (κ1) is 14.8. The lowest BCUT2D eigenvalue weighted by atomic mass is 10.1. The highest BCUT2D eigenvalue weighted by molar-refractivity contribution is 7.89. The molecule has 2 rings (SSSR count). The van der Waals surface area contributed by atoms with Crippen molar-refractivity contribution in [2.75, 3.05) is 0 Å². The molecule has 1 heterocycles. The SMILES string of the molecule is CC(NS(=O)(=O)c1c[nH]ccc1=O)c1ccccc1Cl. The molecule has 0 fully saturated rings. The zero-order valence-corrected chi connectivity index (χ0v) is 12.2. The third kappa shape index (κ3) is 3.09. The first-order chi connectivity index (χ1) is 9.42. The van der Waals surface area contributed by atoms with Crippen molar-refractivity contribution < 1.29 is 8.42 Å². The summed E-state index contributed by atoms with van der Waals surface area (Å²) in [7, 11) is -3.91. The number of H-pyrrole nitrogens is 1. The molecule has 0 saturated carbocycles. The van der Waals surface area contributed by atoms with Crippen molar-refractivity contribution in [1.29, 1.82) is 0 Å². The van der Waals surface area contributed by atoms with Crippen LogP contribution in [0.25, 0.3) is 0 Å². The molecule has 1 aromatic carbocycles. The van der Waals surface area contributed by atoms with Crippen molar-refractivity contribution in [2.45, 2.75) is 17.9 Å². The second-order valence-electron chi connectivity index (χ2n) is 4.24. The van der Waals surface area contributed by atoms with E-state index in [1.54, 1.807) is 31.2 Å². The van der Waals surface area contributed by atoms with Crippen LogP contribution in [-0.4, -0.2) is 13.4 Å². The van der Waals surface area contributed by atoms with Crippen LogP contribution in [0.15, 0.2) is 52.4 Å². The molecule has 5 nitrogen and oxygen atoms in total. The first-order valence-corrected chi connectivity index (χ1v) is 7.72. The van der Waals surface area contributed by atoms with Gasteiger partial charge in [-0.3, -0.25) is 4.79 Å². The third-order valence-corrected chi connectivity index (χ3v) is 4.69. The summed E-state index contributed by atoms with van der Waals surface area (Å²) in [5, 5.41) is 0.463. The van der Waals surface area contributed by atoms with E-state index in [0.717, 1.165) is 12.3 Å². The normalized spacial score (nSPS) is 13.1. The molecule has 1 aromatic heterocycles. The zero-order chi connectivity index (χ0) is 14.8. The zero-order valence-electron chi connectivity index (χ0n) is 10.6. The number of rotatable bonds is 4. The molecule has 0 aliphatic carbocycles. The van der Waals surface area contributed by atoms with E-state index in [-0.39, 0.29) is 4.90 Å². The number of nitrogens with one attached hydrogen (secondary N) is 2. The summed E-state index contributed by atoms with van der Waals surface area (Å²) in [5.41, 5.74) is 0.0766. The highest BCUT2D eigenvalue weighted by Crippen LogP contribution is 2.23. The van der Waals surface area contributed by atoms with Crippen LogP contribution in [0.4, 0.5) is 0 Å². The molecular formula is C13H13ClN2O3S. The van der Waals surface area contributed by atoms with E-state index in [1.807, 2.05) is 0 Å². The Kier molecular flexibility index (Phi) is 4.27. The number of pyridine rings is 1. The van der Waals surface area contributed by atoms with Crippen LogP contribution in [0.5, 0.6) is 0 Å². The Morgan fingerprint density at radius 2 is 1.95 bits per heavy atom. The minimum Gasteiger partial charge on any atom is -0.366 e. The highest BCUT2D eigenvalue weighted by atomic mass is 35.5. The summed E-state index contributed by atoms with van der Waals surface area (Å²) < 4.78 is 26.8. The van der Waals surface area contributed by atoms with Crippen molar-refractivity contribution in [2.24, 2.45) is 0 Å². The monoisotopic (exact) mass is 312 g/mol. The number of hydrogen-bond acceptors (Lipinski definition) is 3. The molecule has 2 N–H and O–H groups in total. The van der Waals surface area contributed by atoms with Gasteiger partial charge in [-0.15, -0.1) is 0 Å². The Morgan fingerprint density at radius 1 is 1.25 bits per heavy atom. The second-order valence-corrected chi connectivity index (χ2v) is 6.33. The Balaban J connectivity index is 2.32. The Morgan fingerprint density at radius 3 is 2.60 bits per heavy atom. The molecule has 0 bridgehead atoms. The molecule has 1 atom stereocenters. The van der Waals surface area contributed by atoms with Gasteiger partial charge in [0.15, 0.2) is 0 Å². The van der Waals surface area contributed by atoms with E-state index in [1.165, 1.54) is 6.20 Å². The highest BCUT2D eigenvalue weighted by Gasteiger charge is 2.21. The van der Waals surface area contributed by atoms with Crippen molar-refractivity contribution in [1.82, 2.24) is 9.71 Å². The van der Waals surface area contributed by atoms with Gasteiger partial charge in [0.05, 0.1) is 0 Å². The molecule has 0 radical (unpaired) electrons. The van der Waals surface area contributed by atoms with Crippen LogP contribution in [0, 0.1) is 0 Å². The second kappa shape index (κ2) is 5.78. The van der Waals surface area contributed by atoms with Gasteiger partial charge in [-0.2, -0.15) is 0 Å². The van der Waals surface area contributed by atoms with Crippen LogP contribution in [-0.2, 0) is 10.0 Å². The van der Waals surface area contributed by atoms with E-state index < -0.39 is 21.5 Å². The molecule has 106 valence electrons. The topological polar surface area (TPSA) is 79.0 Å². The smallest absolute Gasteiger partial charge is 0.246 e. The molecule has 0 amide bonds. The number of hydrogen-bond donors (Lipinski definition) is 2. The van der Waals surface area contributed by atoms with Gasteiger partial charge >= 0.3 is 0 Å². The molecule has 1 unspecified atom stereocenters. The third-order valence-electron chi connectivity index (χ3n) is 2.78. The largest absolute Gasteiger partial charge is 0.366 e. The van der Waals surface area contributed by atoms with Gasteiger partial charge < -0.3 is 4.98 Å². The van der Waals surface area contributed by atoms with E-state index in [4.69, 9.17) is 11.6 Å². The average Bonchev–Trinajstić information content (AvgIpc) is 2.38. The molecular weight excluding hydrogens is 300 g/mol. The van der Waals surface area contributed by atoms with Gasteiger partial charge in [-0.05, 0) is 18.6 Å². The summed E-state index contributed by atoms with van der Waals surface area (Å²) in [5.74, 6) is 0. The number of aromatic amines is 1. The molecule has 0 spiro atoms. The summed E-state index contributed by atoms with van der Waals surface area (Å²) in [4.78, 5) is 13.9. The predicted octanol–water partition coefficient (Wildman–Crippen LogP) is 2.07. The van der Waals surface area contributed by atoms with Crippen LogP contribution in [0.3, 0.4) is 0 Å². The number of halogens is 1. The van der Waals surface area contributed by atoms with Crippen molar-refractivity contribution in [3.8, 4) is 0 Å². The van der Waals surface area contributed by atoms with Crippen molar-refractivity contribution in [3.05, 3.63) is 63.5 Å². The standard InChI is InChI=1S/C13H13ClN2O3S/c1-9(10-4-2-3-5-11(10)14)16-20(18,19)13-8-15-7-6-12(13)17/h2-9,16H,1H3,(H,15,17). The minimum atomic E-state index is -3.91. The summed E-state index contributed by atoms with van der Waals surface area (Å²) >= 11 is 6.02. The van der Waals surface area contributed by atoms with Crippen molar-refractivity contribution in [3.63, 3.8) is 0 Å². The summed E-state index contributed by atoms with van der Waals surface area (Å²) in [6.07, 6.45) is 2.53. The Labute approximate surface area is 121 Å². The fraction of sp³-hybridized carbons (Fsp3) is 0.154. The lowest BCUT2D eigenvalue weighted by Gasteiger charge is -2.15. The van der Waals surface area contributed by atoms with Gasteiger partial charge in [-0.1, -0.05) is 29.8 Å². The Bertz CT molecular complexity index is 771. The van der Waals surface area contributed by atoms with Crippen LogP contribution in [0.2, 0.25) is 5.02 Å². The molecule has 2 aromatic rings. The van der Waals surface area contributed by atoms with Gasteiger partial charge in [0.25, 0.3) is 0 Å². The number of aromatic nitrogens is 1. The maximum absolute atomic E-state index is 12.2. The molecule has 0 aliphatic rings. The van der Waals surface area contributed by atoms with Gasteiger partial charge in [0, 0.05) is 29.5 Å². The average molecular weight is 313 g/mol. The Hall–Kier alpha value is -1.63. The minimum absolute atomic E-state index is 0.320. The fourth-order valence-electron chi connectivity index (χ4n) is 1.80. The maximum atomic E-state index is 12.2. The quantitative estimate of drug-likeness (QED) is 0.907. The fourth-order valence-corrected chi connectivity index (χ4v) is 3.37. The van der Waals surface area contributed by atoms with E-state index >= 15 is 0 Å². The lowest BCUT2D eigenvalue weighted by Crippen LogP contribution is -2.30. The maximum Gasteiger partial charge on any atom is 0.246 e. The molecule has 0 saturated heterocycles. The van der Waals surface area contributed by atoms with Crippen LogP contribution < -0.4 is 10.2 Å². The predicted molar refractivity (Wildman–Crippen MR) is 77.3 cm³/mol. The number of benzene rings is 1. The van der Waals surface area contributed by atoms with Gasteiger partial charge in [-0.25, -0.2) is 13.1 Å². The summed E-state index contributed by atoms with van der Waals surface area (Å²) in [6, 6.07) is 7.54. The van der Waals surface area contributed by atoms with Gasteiger partial charge in [0.2, 0.25) is 15.5 Å². The van der Waals surface area contributed by atoms with E-state index in [2.05, 4.69) is 9.71 Å². The van der Waals surface area contributed by atoms with Crippen LogP contribution in [0.1, 0.15) is 18.5 Å². The first-order valence-electron chi connectivity index (χ1n) is 5.85. The molecule has 7 heteroatoms. The summed E-state index contributed by atoms with van der Waals surface area (Å²) in [6.45, 7) is 1.66. The number of sulfonamides is 1. The van der Waals surface area contributed by atoms with E-state index in [9.17, 15) is 13.2 Å². The van der Waals surface area contributed by atoms with Crippen LogP contribution >= 0.6 is 11.6 Å². The van der Waals surface area contributed by atoms with Gasteiger partial charge in [0.1, 0.15) is 4.90 Å². The van der Waals surface area contributed by atoms with Crippen molar-refractivity contribution >= 4 is 21.6 Å². The molecule has 20 heavy (non-hydrogen) atoms.